The van der Waals surface area contributed by atoms with Gasteiger partial charge in [-0.05, 0) is 43.3 Å². The van der Waals surface area contributed by atoms with E-state index in [9.17, 15) is 4.79 Å². The number of hydrogen-bond donors (Lipinski definition) is 2. The molecule has 2 aromatic carbocycles. The van der Waals surface area contributed by atoms with Gasteiger partial charge in [0.05, 0.1) is 12.3 Å². The molecule has 0 unspecified atom stereocenters. The van der Waals surface area contributed by atoms with Gasteiger partial charge in [-0.1, -0.05) is 17.7 Å². The van der Waals surface area contributed by atoms with Gasteiger partial charge in [0.1, 0.15) is 5.75 Å². The van der Waals surface area contributed by atoms with Gasteiger partial charge in [0, 0.05) is 16.3 Å². The van der Waals surface area contributed by atoms with Crippen LogP contribution in [0.4, 0.5) is 11.4 Å². The first-order chi connectivity index (χ1) is 9.60. The number of carbonyl (C=O) groups excluding carboxylic acids is 1. The highest BCUT2D eigenvalue weighted by Gasteiger charge is 2.10. The molecule has 0 aromatic heterocycles. The van der Waals surface area contributed by atoms with Crippen molar-refractivity contribution in [2.45, 2.75) is 6.92 Å². The summed E-state index contributed by atoms with van der Waals surface area (Å²) in [5.41, 5.74) is 7.21. The molecule has 0 aliphatic carbocycles. The number of ether oxygens (including phenoxy) is 1. The molecule has 0 aliphatic rings. The molecule has 2 rings (SSSR count). The summed E-state index contributed by atoms with van der Waals surface area (Å²) in [5.74, 6) is 0.315. The maximum Gasteiger partial charge on any atom is 0.255 e. The van der Waals surface area contributed by atoms with Crippen molar-refractivity contribution in [1.29, 1.82) is 0 Å². The fourth-order valence-corrected chi connectivity index (χ4v) is 1.93. The van der Waals surface area contributed by atoms with E-state index in [4.69, 9.17) is 22.1 Å². The first-order valence-corrected chi connectivity index (χ1v) is 6.57. The van der Waals surface area contributed by atoms with Crippen molar-refractivity contribution in [3.05, 3.63) is 53.1 Å². The summed E-state index contributed by atoms with van der Waals surface area (Å²) in [6, 6.07) is 11.8. The molecule has 2 aromatic rings. The summed E-state index contributed by atoms with van der Waals surface area (Å²) >= 11 is 5.94. The van der Waals surface area contributed by atoms with E-state index in [1.165, 1.54) is 0 Å². The maximum atomic E-state index is 12.2. The molecule has 3 N–H and O–H groups in total. The third-order valence-electron chi connectivity index (χ3n) is 2.64. The molecule has 0 aliphatic heterocycles. The van der Waals surface area contributed by atoms with E-state index in [-0.39, 0.29) is 5.91 Å². The Labute approximate surface area is 122 Å². The molecular formula is C15H15ClN2O2. The molecule has 104 valence electrons. The minimum absolute atomic E-state index is 0.263. The van der Waals surface area contributed by atoms with Gasteiger partial charge in [0.2, 0.25) is 0 Å². The molecule has 20 heavy (non-hydrogen) atoms. The normalized spacial score (nSPS) is 10.1. The number of nitrogen functional groups attached to an aromatic ring is 1. The Bertz CT molecular complexity index is 629. The Morgan fingerprint density at radius 1 is 1.30 bits per heavy atom. The number of halogens is 1. The zero-order valence-electron chi connectivity index (χ0n) is 11.0. The van der Waals surface area contributed by atoms with E-state index < -0.39 is 0 Å². The number of amides is 1. The van der Waals surface area contributed by atoms with Crippen LogP contribution in [0.3, 0.4) is 0 Å². The van der Waals surface area contributed by atoms with Crippen LogP contribution in [-0.2, 0) is 0 Å². The predicted octanol–water partition coefficient (Wildman–Crippen LogP) is 3.57. The summed E-state index contributed by atoms with van der Waals surface area (Å²) in [5, 5.41) is 3.30. The largest absolute Gasteiger partial charge is 0.492 e. The quantitative estimate of drug-likeness (QED) is 0.846. The second-order valence-electron chi connectivity index (χ2n) is 4.15. The monoisotopic (exact) mass is 290 g/mol. The number of anilines is 2. The molecule has 0 radical (unpaired) electrons. The molecule has 4 nitrogen and oxygen atoms in total. The Morgan fingerprint density at radius 2 is 2.10 bits per heavy atom. The second kappa shape index (κ2) is 6.30. The summed E-state index contributed by atoms with van der Waals surface area (Å²) in [7, 11) is 0. The van der Waals surface area contributed by atoms with Crippen molar-refractivity contribution in [1.82, 2.24) is 0 Å². The van der Waals surface area contributed by atoms with Gasteiger partial charge in [-0.3, -0.25) is 4.79 Å². The molecule has 0 saturated carbocycles. The minimum atomic E-state index is -0.263. The summed E-state index contributed by atoms with van der Waals surface area (Å²) in [4.78, 5) is 12.2. The maximum absolute atomic E-state index is 12.2. The first kappa shape index (κ1) is 14.2. The molecule has 0 heterocycles. The van der Waals surface area contributed by atoms with Crippen LogP contribution in [0.5, 0.6) is 5.75 Å². The average Bonchev–Trinajstić information content (AvgIpc) is 2.42. The van der Waals surface area contributed by atoms with Gasteiger partial charge < -0.3 is 15.8 Å². The summed E-state index contributed by atoms with van der Waals surface area (Å²) in [6.07, 6.45) is 0. The number of hydrogen-bond acceptors (Lipinski definition) is 3. The SMILES string of the molecule is CCOc1ccc(Cl)cc1NC(=O)c1cccc(N)c1. The molecule has 0 saturated heterocycles. The lowest BCUT2D eigenvalue weighted by Crippen LogP contribution is -2.13. The zero-order chi connectivity index (χ0) is 14.5. The highest BCUT2D eigenvalue weighted by Crippen LogP contribution is 2.28. The van der Waals surface area contributed by atoms with Gasteiger partial charge in [-0.15, -0.1) is 0 Å². The number of nitrogens with one attached hydrogen (secondary N) is 1. The van der Waals surface area contributed by atoms with Crippen molar-refractivity contribution < 1.29 is 9.53 Å². The number of rotatable bonds is 4. The fraction of sp³-hybridized carbons (Fsp3) is 0.133. The summed E-state index contributed by atoms with van der Waals surface area (Å²) in [6.45, 7) is 2.38. The van der Waals surface area contributed by atoms with Crippen molar-refractivity contribution in [2.24, 2.45) is 0 Å². The van der Waals surface area contributed by atoms with E-state index >= 15 is 0 Å². The molecule has 1 amide bonds. The van der Waals surface area contributed by atoms with Crippen molar-refractivity contribution >= 4 is 28.9 Å². The van der Waals surface area contributed by atoms with Crippen LogP contribution in [0.25, 0.3) is 0 Å². The van der Waals surface area contributed by atoms with Gasteiger partial charge in [-0.2, -0.15) is 0 Å². The minimum Gasteiger partial charge on any atom is -0.492 e. The predicted molar refractivity (Wildman–Crippen MR) is 81.4 cm³/mol. The zero-order valence-corrected chi connectivity index (χ0v) is 11.8. The smallest absolute Gasteiger partial charge is 0.255 e. The lowest BCUT2D eigenvalue weighted by molar-refractivity contribution is 0.102. The Morgan fingerprint density at radius 3 is 2.80 bits per heavy atom. The topological polar surface area (TPSA) is 64.3 Å². The van der Waals surface area contributed by atoms with Gasteiger partial charge in [0.15, 0.2) is 0 Å². The van der Waals surface area contributed by atoms with Crippen LogP contribution >= 0.6 is 11.6 Å². The van der Waals surface area contributed by atoms with E-state index in [0.717, 1.165) is 0 Å². The van der Waals surface area contributed by atoms with Crippen LogP contribution in [0, 0.1) is 0 Å². The number of carbonyl (C=O) groups is 1. The first-order valence-electron chi connectivity index (χ1n) is 6.19. The Kier molecular flexibility index (Phi) is 4.48. The lowest BCUT2D eigenvalue weighted by atomic mass is 10.2. The Balaban J connectivity index is 2.25. The molecule has 0 fully saturated rings. The van der Waals surface area contributed by atoms with Gasteiger partial charge >= 0.3 is 0 Å². The van der Waals surface area contributed by atoms with Crippen LogP contribution in [0.15, 0.2) is 42.5 Å². The van der Waals surface area contributed by atoms with E-state index in [1.807, 2.05) is 6.92 Å². The molecule has 0 bridgehead atoms. The van der Waals surface area contributed by atoms with E-state index in [2.05, 4.69) is 5.32 Å². The van der Waals surface area contributed by atoms with Crippen molar-refractivity contribution in [3.63, 3.8) is 0 Å². The third kappa shape index (κ3) is 3.42. The average molecular weight is 291 g/mol. The van der Waals surface area contributed by atoms with Gasteiger partial charge in [0.25, 0.3) is 5.91 Å². The standard InChI is InChI=1S/C15H15ClN2O2/c1-2-20-14-7-6-11(16)9-13(14)18-15(19)10-4-3-5-12(17)8-10/h3-9H,2,17H2,1H3,(H,18,19). The number of nitrogens with two attached hydrogens (primary N) is 1. The molecular weight excluding hydrogens is 276 g/mol. The van der Waals surface area contributed by atoms with Crippen LogP contribution < -0.4 is 15.8 Å². The van der Waals surface area contributed by atoms with E-state index in [1.54, 1.807) is 42.5 Å². The molecule has 0 spiro atoms. The second-order valence-corrected chi connectivity index (χ2v) is 4.59. The summed E-state index contributed by atoms with van der Waals surface area (Å²) < 4.78 is 5.45. The van der Waals surface area contributed by atoms with Crippen molar-refractivity contribution in [2.75, 3.05) is 17.7 Å². The molecule has 0 atom stereocenters. The van der Waals surface area contributed by atoms with Crippen LogP contribution in [0.1, 0.15) is 17.3 Å². The highest BCUT2D eigenvalue weighted by atomic mass is 35.5. The third-order valence-corrected chi connectivity index (χ3v) is 2.87. The highest BCUT2D eigenvalue weighted by molar-refractivity contribution is 6.31. The molecule has 5 heteroatoms. The van der Waals surface area contributed by atoms with Crippen molar-refractivity contribution in [3.8, 4) is 5.75 Å². The van der Waals surface area contributed by atoms with Gasteiger partial charge in [-0.25, -0.2) is 0 Å². The fourth-order valence-electron chi connectivity index (χ4n) is 1.76. The van der Waals surface area contributed by atoms with Crippen LogP contribution in [0.2, 0.25) is 5.02 Å². The van der Waals surface area contributed by atoms with E-state index in [0.29, 0.717) is 34.3 Å². The number of benzene rings is 2. The lowest BCUT2D eigenvalue weighted by Gasteiger charge is -2.12. The Hall–Kier alpha value is -2.20. The van der Waals surface area contributed by atoms with Crippen LogP contribution in [-0.4, -0.2) is 12.5 Å².